The molecule has 84 valence electrons. The van der Waals surface area contributed by atoms with Crippen molar-refractivity contribution >= 4 is 9.28 Å². The summed E-state index contributed by atoms with van der Waals surface area (Å²) in [6, 6.07) is 0. The van der Waals surface area contributed by atoms with E-state index in [1.807, 2.05) is 6.55 Å². The monoisotopic (exact) mass is 218 g/mol. The van der Waals surface area contributed by atoms with Crippen LogP contribution in [0.25, 0.3) is 0 Å². The first-order valence-electron chi connectivity index (χ1n) is 5.38. The molecule has 3 atom stereocenters. The lowest BCUT2D eigenvalue weighted by atomic mass is 9.91. The van der Waals surface area contributed by atoms with Crippen LogP contribution in [0.15, 0.2) is 0 Å². The zero-order valence-electron chi connectivity index (χ0n) is 9.66. The second kappa shape index (κ2) is 5.85. The van der Waals surface area contributed by atoms with Crippen molar-refractivity contribution in [2.24, 2.45) is 5.92 Å². The Bertz CT molecular complexity index is 161. The Morgan fingerprint density at radius 1 is 1.14 bits per heavy atom. The number of ether oxygens (including phenoxy) is 1. The van der Waals surface area contributed by atoms with Gasteiger partial charge in [-0.3, -0.25) is 0 Å². The van der Waals surface area contributed by atoms with Gasteiger partial charge in [0.05, 0.1) is 12.2 Å². The van der Waals surface area contributed by atoms with Gasteiger partial charge in [0.25, 0.3) is 0 Å². The van der Waals surface area contributed by atoms with Gasteiger partial charge < -0.3 is 13.6 Å². The fourth-order valence-corrected chi connectivity index (χ4v) is 1.89. The Morgan fingerprint density at radius 3 is 2.14 bits per heavy atom. The molecule has 0 aromatic rings. The van der Waals surface area contributed by atoms with Crippen molar-refractivity contribution in [2.45, 2.75) is 44.9 Å². The standard InChI is InChI=1S/C7H12O.C3H10O2Si/c1-5-2-3-6-7(4-5)8-6;1-4-6(3)5-2/h5-7H,2-4H2,1H3;6H,1-3H3. The summed E-state index contributed by atoms with van der Waals surface area (Å²) < 4.78 is 15.0. The van der Waals surface area contributed by atoms with E-state index in [0.29, 0.717) is 12.2 Å². The lowest BCUT2D eigenvalue weighted by Gasteiger charge is -2.11. The van der Waals surface area contributed by atoms with Crippen LogP contribution >= 0.6 is 0 Å². The van der Waals surface area contributed by atoms with Gasteiger partial charge in [-0.2, -0.15) is 0 Å². The molecule has 2 rings (SSSR count). The first kappa shape index (κ1) is 12.2. The van der Waals surface area contributed by atoms with Gasteiger partial charge in [0.1, 0.15) is 0 Å². The minimum absolute atomic E-state index is 0.679. The molecule has 1 aliphatic carbocycles. The van der Waals surface area contributed by atoms with Gasteiger partial charge in [-0.05, 0) is 31.7 Å². The predicted molar refractivity (Wildman–Crippen MR) is 58.7 cm³/mol. The van der Waals surface area contributed by atoms with Crippen LogP contribution < -0.4 is 0 Å². The molecule has 0 bridgehead atoms. The third kappa shape index (κ3) is 4.08. The van der Waals surface area contributed by atoms with Crippen LogP contribution in [-0.4, -0.2) is 35.7 Å². The predicted octanol–water partition coefficient (Wildman–Crippen LogP) is 1.70. The molecule has 0 N–H and O–H groups in total. The van der Waals surface area contributed by atoms with E-state index >= 15 is 0 Å². The minimum atomic E-state index is -1.16. The maximum atomic E-state index is 5.35. The molecule has 4 heteroatoms. The molecule has 1 saturated heterocycles. The van der Waals surface area contributed by atoms with E-state index in [1.54, 1.807) is 14.2 Å². The van der Waals surface area contributed by atoms with Crippen molar-refractivity contribution in [3.8, 4) is 0 Å². The summed E-state index contributed by atoms with van der Waals surface area (Å²) in [5, 5.41) is 0. The SMILES string of the molecule is CC1CCC2OC2C1.CO[SiH](C)OC. The Balaban J connectivity index is 0.000000149. The molecule has 2 fully saturated rings. The van der Waals surface area contributed by atoms with E-state index in [2.05, 4.69) is 6.92 Å². The van der Waals surface area contributed by atoms with Crippen molar-refractivity contribution in [1.29, 1.82) is 0 Å². The molecule has 1 saturated carbocycles. The van der Waals surface area contributed by atoms with Crippen LogP contribution in [0, 0.1) is 5.92 Å². The Hall–Kier alpha value is 0.0969. The highest BCUT2D eigenvalue weighted by atomic mass is 28.3. The van der Waals surface area contributed by atoms with Crippen molar-refractivity contribution in [3.63, 3.8) is 0 Å². The maximum Gasteiger partial charge on any atom is 0.317 e. The molecular formula is C10H22O3Si. The summed E-state index contributed by atoms with van der Waals surface area (Å²) in [6.45, 7) is 4.29. The van der Waals surface area contributed by atoms with Crippen LogP contribution in [0.5, 0.6) is 0 Å². The van der Waals surface area contributed by atoms with Crippen molar-refractivity contribution in [3.05, 3.63) is 0 Å². The average Bonchev–Trinajstić information content (AvgIpc) is 2.95. The summed E-state index contributed by atoms with van der Waals surface area (Å²) in [6.07, 6.45) is 5.41. The van der Waals surface area contributed by atoms with Gasteiger partial charge in [-0.1, -0.05) is 6.92 Å². The molecule has 0 aromatic carbocycles. The highest BCUT2D eigenvalue weighted by Gasteiger charge is 2.42. The van der Waals surface area contributed by atoms with Crippen LogP contribution in [0.4, 0.5) is 0 Å². The molecule has 3 nitrogen and oxygen atoms in total. The quantitative estimate of drug-likeness (QED) is 0.522. The molecule has 1 heterocycles. The van der Waals surface area contributed by atoms with Crippen LogP contribution in [0.1, 0.15) is 26.2 Å². The lowest BCUT2D eigenvalue weighted by molar-refractivity contribution is 0.285. The maximum absolute atomic E-state index is 5.35. The van der Waals surface area contributed by atoms with Gasteiger partial charge in [0.2, 0.25) is 0 Å². The molecule has 14 heavy (non-hydrogen) atoms. The minimum Gasteiger partial charge on any atom is -0.400 e. The van der Waals surface area contributed by atoms with Gasteiger partial charge in [-0.25, -0.2) is 0 Å². The second-order valence-corrected chi connectivity index (χ2v) is 6.25. The fraction of sp³-hybridized carbons (Fsp3) is 1.00. The third-order valence-corrected chi connectivity index (χ3v) is 4.26. The fourth-order valence-electron chi connectivity index (χ4n) is 1.70. The molecule has 0 radical (unpaired) electrons. The number of epoxide rings is 1. The molecule has 2 aliphatic rings. The molecule has 0 amide bonds. The number of hydrogen-bond donors (Lipinski definition) is 0. The van der Waals surface area contributed by atoms with Crippen LogP contribution in [0.2, 0.25) is 6.55 Å². The van der Waals surface area contributed by atoms with Crippen LogP contribution in [0.3, 0.4) is 0 Å². The Labute approximate surface area is 88.6 Å². The normalized spacial score (nSPS) is 34.5. The average molecular weight is 218 g/mol. The van der Waals surface area contributed by atoms with E-state index < -0.39 is 9.28 Å². The molecule has 0 spiro atoms. The smallest absolute Gasteiger partial charge is 0.317 e. The van der Waals surface area contributed by atoms with E-state index in [9.17, 15) is 0 Å². The molecular weight excluding hydrogens is 196 g/mol. The second-order valence-electron chi connectivity index (χ2n) is 4.17. The lowest BCUT2D eigenvalue weighted by Crippen LogP contribution is -2.12. The summed E-state index contributed by atoms with van der Waals surface area (Å²) >= 11 is 0. The highest BCUT2D eigenvalue weighted by Crippen LogP contribution is 2.38. The van der Waals surface area contributed by atoms with Gasteiger partial charge >= 0.3 is 9.28 Å². The van der Waals surface area contributed by atoms with Gasteiger partial charge in [-0.15, -0.1) is 0 Å². The molecule has 1 aliphatic heterocycles. The van der Waals surface area contributed by atoms with Crippen molar-refractivity contribution in [2.75, 3.05) is 14.2 Å². The zero-order valence-corrected chi connectivity index (χ0v) is 10.8. The van der Waals surface area contributed by atoms with Crippen molar-refractivity contribution in [1.82, 2.24) is 0 Å². The molecule has 0 aromatic heterocycles. The number of rotatable bonds is 2. The summed E-state index contributed by atoms with van der Waals surface area (Å²) in [5.41, 5.74) is 0. The highest BCUT2D eigenvalue weighted by molar-refractivity contribution is 6.42. The van der Waals surface area contributed by atoms with Crippen LogP contribution in [-0.2, 0) is 13.6 Å². The summed E-state index contributed by atoms with van der Waals surface area (Å²) in [4.78, 5) is 0. The van der Waals surface area contributed by atoms with E-state index in [4.69, 9.17) is 13.6 Å². The Kier molecular flexibility index (Phi) is 5.09. The number of hydrogen-bond acceptors (Lipinski definition) is 3. The first-order chi connectivity index (χ1) is 6.67. The molecule has 3 unspecified atom stereocenters. The van der Waals surface area contributed by atoms with Gasteiger partial charge in [0.15, 0.2) is 0 Å². The third-order valence-electron chi connectivity index (χ3n) is 2.93. The van der Waals surface area contributed by atoms with E-state index in [-0.39, 0.29) is 0 Å². The van der Waals surface area contributed by atoms with Gasteiger partial charge in [0, 0.05) is 14.2 Å². The Morgan fingerprint density at radius 2 is 1.79 bits per heavy atom. The van der Waals surface area contributed by atoms with E-state index in [1.165, 1.54) is 19.3 Å². The van der Waals surface area contributed by atoms with E-state index in [0.717, 1.165) is 5.92 Å². The summed E-state index contributed by atoms with van der Waals surface area (Å²) in [7, 11) is 2.17. The number of fused-ring (bicyclic) bond motifs is 1. The first-order valence-corrected chi connectivity index (χ1v) is 7.48. The zero-order chi connectivity index (χ0) is 10.6. The van der Waals surface area contributed by atoms with Crippen molar-refractivity contribution < 1.29 is 13.6 Å². The topological polar surface area (TPSA) is 31.0 Å². The largest absolute Gasteiger partial charge is 0.400 e. The summed E-state index contributed by atoms with van der Waals surface area (Å²) in [5.74, 6) is 0.929.